The number of hydrogen-bond acceptors (Lipinski definition) is 9. The zero-order chi connectivity index (χ0) is 38.9. The Kier molecular flexibility index (Phi) is 14.9. The highest BCUT2D eigenvalue weighted by atomic mass is 16.6. The molecule has 0 aliphatic rings. The molecule has 0 saturated heterocycles. The topological polar surface area (TPSA) is 200 Å². The maximum absolute atomic E-state index is 13.6. The van der Waals surface area contributed by atoms with E-state index in [9.17, 15) is 24.0 Å². The number of primary amides is 1. The van der Waals surface area contributed by atoms with Crippen LogP contribution in [0, 0.1) is 0 Å². The summed E-state index contributed by atoms with van der Waals surface area (Å²) in [5.41, 5.74) is 7.13. The summed E-state index contributed by atoms with van der Waals surface area (Å²) in [6.07, 6.45) is -2.29. The van der Waals surface area contributed by atoms with Crippen molar-refractivity contribution in [3.8, 4) is 0 Å². The van der Waals surface area contributed by atoms with E-state index in [1.807, 2.05) is 54.6 Å². The molecule has 4 rings (SSSR count). The lowest BCUT2D eigenvalue weighted by Gasteiger charge is -2.24. The molecule has 284 valence electrons. The Morgan fingerprint density at radius 2 is 1.22 bits per heavy atom. The number of nitrogens with two attached hydrogens (primary N) is 1. The minimum atomic E-state index is -1.16. The summed E-state index contributed by atoms with van der Waals surface area (Å²) in [6, 6.07) is 29.2. The van der Waals surface area contributed by atoms with Gasteiger partial charge in [-0.25, -0.2) is 14.4 Å². The molecule has 0 aromatic heterocycles. The SMILES string of the molecule is CC(C)(C)OC(=O)N[C@@H](CCCN=C(NC(=O)OCc1ccccc1)NC(=O)OCc1ccccc1)C(=O)N[C@H](Cc1ccc2ccccc2c1)C(N)=O. The second kappa shape index (κ2) is 20.0. The number of fused-ring (bicyclic) bond motifs is 1. The molecule has 0 radical (unpaired) electrons. The van der Waals surface area contributed by atoms with Crippen LogP contribution in [0.15, 0.2) is 108 Å². The van der Waals surface area contributed by atoms with Gasteiger partial charge in [-0.2, -0.15) is 0 Å². The van der Waals surface area contributed by atoms with Crippen LogP contribution < -0.4 is 27.0 Å². The molecule has 6 N–H and O–H groups in total. The van der Waals surface area contributed by atoms with Gasteiger partial charge in [0.05, 0.1) is 0 Å². The molecule has 5 amide bonds. The summed E-state index contributed by atoms with van der Waals surface area (Å²) in [5, 5.41) is 12.1. The third-order valence-electron chi connectivity index (χ3n) is 7.71. The molecule has 2 atom stereocenters. The van der Waals surface area contributed by atoms with Gasteiger partial charge in [0.1, 0.15) is 30.9 Å². The van der Waals surface area contributed by atoms with Crippen LogP contribution in [-0.4, -0.2) is 60.3 Å². The third-order valence-corrected chi connectivity index (χ3v) is 7.71. The number of hydrogen-bond donors (Lipinski definition) is 5. The lowest BCUT2D eigenvalue weighted by atomic mass is 10.0. The molecule has 0 aliphatic heterocycles. The van der Waals surface area contributed by atoms with Gasteiger partial charge in [-0.05, 0) is 61.1 Å². The highest BCUT2D eigenvalue weighted by Crippen LogP contribution is 2.17. The molecule has 4 aromatic carbocycles. The molecule has 4 aromatic rings. The fourth-order valence-corrected chi connectivity index (χ4v) is 5.12. The molecule has 0 saturated carbocycles. The van der Waals surface area contributed by atoms with Crippen LogP contribution in [0.5, 0.6) is 0 Å². The lowest BCUT2D eigenvalue weighted by molar-refractivity contribution is -0.128. The molecule has 0 spiro atoms. The van der Waals surface area contributed by atoms with Crippen LogP contribution in [0.25, 0.3) is 10.8 Å². The normalized spacial score (nSPS) is 12.0. The number of nitrogens with zero attached hydrogens (tertiary/aromatic N) is 1. The Balaban J connectivity index is 1.43. The third kappa shape index (κ3) is 14.3. The number of alkyl carbamates (subject to hydrolysis) is 3. The van der Waals surface area contributed by atoms with Crippen LogP contribution in [0.1, 0.15) is 50.3 Å². The van der Waals surface area contributed by atoms with Crippen molar-refractivity contribution >= 4 is 46.8 Å². The molecule has 54 heavy (non-hydrogen) atoms. The van der Waals surface area contributed by atoms with Crippen molar-refractivity contribution in [3.63, 3.8) is 0 Å². The fraction of sp³-hybridized carbons (Fsp3) is 0.300. The smallest absolute Gasteiger partial charge is 0.414 e. The van der Waals surface area contributed by atoms with Crippen molar-refractivity contribution in [1.82, 2.24) is 21.3 Å². The van der Waals surface area contributed by atoms with Crippen LogP contribution in [0.2, 0.25) is 0 Å². The molecule has 0 bridgehead atoms. The summed E-state index contributed by atoms with van der Waals surface area (Å²) < 4.78 is 15.9. The summed E-state index contributed by atoms with van der Waals surface area (Å²) in [6.45, 7) is 4.96. The quantitative estimate of drug-likeness (QED) is 0.0501. The Labute approximate surface area is 313 Å². The largest absolute Gasteiger partial charge is 0.444 e. The van der Waals surface area contributed by atoms with Crippen molar-refractivity contribution in [2.45, 2.75) is 70.9 Å². The number of carbonyl (C=O) groups excluding carboxylic acids is 5. The second-order valence-electron chi connectivity index (χ2n) is 13.3. The van der Waals surface area contributed by atoms with E-state index in [0.717, 1.165) is 27.5 Å². The van der Waals surface area contributed by atoms with Gasteiger partial charge in [0.25, 0.3) is 0 Å². The predicted octanol–water partition coefficient (Wildman–Crippen LogP) is 5.23. The van der Waals surface area contributed by atoms with Crippen molar-refractivity contribution < 1.29 is 38.2 Å². The predicted molar refractivity (Wildman–Crippen MR) is 203 cm³/mol. The molecule has 0 heterocycles. The molecule has 0 fully saturated rings. The van der Waals surface area contributed by atoms with Gasteiger partial charge in [-0.1, -0.05) is 103 Å². The van der Waals surface area contributed by atoms with E-state index in [-0.39, 0.29) is 45.0 Å². The number of carbonyl (C=O) groups is 5. The van der Waals surface area contributed by atoms with E-state index < -0.39 is 47.8 Å². The van der Waals surface area contributed by atoms with E-state index in [0.29, 0.717) is 0 Å². The fourth-order valence-electron chi connectivity index (χ4n) is 5.12. The van der Waals surface area contributed by atoms with Crippen molar-refractivity contribution in [2.24, 2.45) is 10.7 Å². The molecule has 14 heteroatoms. The van der Waals surface area contributed by atoms with Crippen molar-refractivity contribution in [1.29, 1.82) is 0 Å². The van der Waals surface area contributed by atoms with E-state index in [1.165, 1.54) is 0 Å². The maximum atomic E-state index is 13.6. The van der Waals surface area contributed by atoms with Crippen molar-refractivity contribution in [2.75, 3.05) is 6.54 Å². The number of amides is 5. The first-order valence-corrected chi connectivity index (χ1v) is 17.4. The number of ether oxygens (including phenoxy) is 3. The lowest BCUT2D eigenvalue weighted by Crippen LogP contribution is -2.54. The van der Waals surface area contributed by atoms with Gasteiger partial charge < -0.3 is 30.6 Å². The van der Waals surface area contributed by atoms with Crippen LogP contribution in [0.4, 0.5) is 14.4 Å². The second-order valence-corrected chi connectivity index (χ2v) is 13.3. The summed E-state index contributed by atoms with van der Waals surface area (Å²) >= 11 is 0. The van der Waals surface area contributed by atoms with Gasteiger partial charge >= 0.3 is 18.3 Å². The number of benzene rings is 4. The average molecular weight is 739 g/mol. The molecular formula is C40H46N6O8. The standard InChI is InChI=1S/C40H46N6O8/c1-40(2,3)54-39(51)44-32(35(48)43-33(34(41)47)24-29-20-21-30-17-10-11-18-31(30)23-29)19-12-22-42-36(45-37(49)52-25-27-13-6-4-7-14-27)46-38(50)53-26-28-15-8-5-9-16-28/h4-11,13-18,20-21,23,32-33H,12,19,22,24-26H2,1-3H3,(H2,41,47)(H,43,48)(H,44,51)(H2,42,45,46,49,50)/t32-,33+/m0/s1. The molecule has 0 aliphatic carbocycles. The van der Waals surface area contributed by atoms with E-state index >= 15 is 0 Å². The number of nitrogens with one attached hydrogen (secondary N) is 4. The van der Waals surface area contributed by atoms with Crippen LogP contribution in [-0.2, 0) is 43.4 Å². The summed E-state index contributed by atoms with van der Waals surface area (Å²) in [5.74, 6) is -1.67. The number of aliphatic imine (C=N–C) groups is 1. The van der Waals surface area contributed by atoms with Gasteiger partial charge in [-0.3, -0.25) is 25.2 Å². The number of guanidine groups is 1. The van der Waals surface area contributed by atoms with Gasteiger partial charge in [0.15, 0.2) is 0 Å². The first kappa shape index (κ1) is 40.3. The Hall–Kier alpha value is -6.44. The highest BCUT2D eigenvalue weighted by Gasteiger charge is 2.28. The molecule has 14 nitrogen and oxygen atoms in total. The van der Waals surface area contributed by atoms with Gasteiger partial charge in [0, 0.05) is 13.0 Å². The van der Waals surface area contributed by atoms with Crippen LogP contribution >= 0.6 is 0 Å². The first-order valence-electron chi connectivity index (χ1n) is 17.4. The minimum Gasteiger partial charge on any atom is -0.444 e. The first-order chi connectivity index (χ1) is 25.8. The van der Waals surface area contributed by atoms with Gasteiger partial charge in [-0.15, -0.1) is 0 Å². The van der Waals surface area contributed by atoms with E-state index in [2.05, 4.69) is 26.3 Å². The average Bonchev–Trinajstić information content (AvgIpc) is 3.14. The zero-order valence-corrected chi connectivity index (χ0v) is 30.5. The zero-order valence-electron chi connectivity index (χ0n) is 30.5. The van der Waals surface area contributed by atoms with Gasteiger partial charge in [0.2, 0.25) is 17.8 Å². The Morgan fingerprint density at radius 3 is 1.78 bits per heavy atom. The number of rotatable bonds is 14. The summed E-state index contributed by atoms with van der Waals surface area (Å²) in [4.78, 5) is 68.4. The Bertz CT molecular complexity index is 1850. The minimum absolute atomic E-state index is 0.0244. The molecule has 0 unspecified atom stereocenters. The van der Waals surface area contributed by atoms with E-state index in [4.69, 9.17) is 19.9 Å². The Morgan fingerprint density at radius 1 is 0.667 bits per heavy atom. The maximum Gasteiger partial charge on any atom is 0.414 e. The van der Waals surface area contributed by atoms with Crippen LogP contribution in [0.3, 0.4) is 0 Å². The monoisotopic (exact) mass is 738 g/mol. The van der Waals surface area contributed by atoms with Crippen molar-refractivity contribution in [3.05, 3.63) is 120 Å². The highest BCUT2D eigenvalue weighted by molar-refractivity contribution is 6.01. The molecular weight excluding hydrogens is 692 g/mol. The summed E-state index contributed by atoms with van der Waals surface area (Å²) in [7, 11) is 0. The van der Waals surface area contributed by atoms with E-state index in [1.54, 1.807) is 69.3 Å².